The number of unbranched alkanes of at least 4 members (excludes halogenated alkanes) is 1. The summed E-state index contributed by atoms with van der Waals surface area (Å²) in [5.41, 5.74) is 11.9. The molecule has 0 bridgehead atoms. The molecule has 2 aliphatic rings. The minimum Gasteiger partial charge on any atom is -0.399 e. The first-order valence-electron chi connectivity index (χ1n) is 17.6. The summed E-state index contributed by atoms with van der Waals surface area (Å²) in [5, 5.41) is 0. The van der Waals surface area contributed by atoms with Gasteiger partial charge in [-0.3, -0.25) is 19.5 Å². The van der Waals surface area contributed by atoms with Crippen LogP contribution in [0.25, 0.3) is 11.1 Å². The number of para-hydroxylation sites is 1. The Morgan fingerprint density at radius 2 is 1.65 bits per heavy atom. The topological polar surface area (TPSA) is 134 Å². The molecule has 1 spiro atoms. The Kier molecular flexibility index (Phi) is 10.9. The summed E-state index contributed by atoms with van der Waals surface area (Å²) in [4.78, 5) is 34.3. The maximum absolute atomic E-state index is 14.3. The number of nitrogen functional groups attached to an aromatic ring is 1. The Morgan fingerprint density at radius 1 is 0.941 bits per heavy atom. The van der Waals surface area contributed by atoms with Gasteiger partial charge in [-0.2, -0.15) is 12.8 Å². The molecule has 266 valence electrons. The molecular weight excluding hydrogens is 663 g/mol. The van der Waals surface area contributed by atoms with Crippen LogP contribution in [0.3, 0.4) is 0 Å². The molecule has 3 N–H and O–H groups in total. The highest BCUT2D eigenvalue weighted by Gasteiger charge is 2.49. The van der Waals surface area contributed by atoms with Gasteiger partial charge in [0.25, 0.3) is 21.8 Å². The zero-order chi connectivity index (χ0) is 36.0. The number of hydrogen-bond donors (Lipinski definition) is 2. The van der Waals surface area contributed by atoms with Gasteiger partial charge < -0.3 is 10.5 Å². The van der Waals surface area contributed by atoms with E-state index in [0.29, 0.717) is 30.0 Å². The van der Waals surface area contributed by atoms with Crippen molar-refractivity contribution in [3.05, 3.63) is 114 Å². The molecule has 1 aliphatic heterocycles. The zero-order valence-corrected chi connectivity index (χ0v) is 30.0. The van der Waals surface area contributed by atoms with Crippen LogP contribution in [0.15, 0.2) is 107 Å². The Bertz CT molecular complexity index is 2010. The number of aliphatic imine (C=N–C) groups is 1. The van der Waals surface area contributed by atoms with Crippen LogP contribution in [0.1, 0.15) is 80.3 Å². The van der Waals surface area contributed by atoms with Gasteiger partial charge in [0.05, 0.1) is 23.7 Å². The fourth-order valence-corrected chi connectivity index (χ4v) is 8.15. The van der Waals surface area contributed by atoms with E-state index in [2.05, 4.69) is 12.3 Å². The van der Waals surface area contributed by atoms with Crippen molar-refractivity contribution in [3.63, 3.8) is 0 Å². The number of amidine groups is 1. The third kappa shape index (κ3) is 7.55. The third-order valence-electron chi connectivity index (χ3n) is 9.52. The lowest BCUT2D eigenvalue weighted by atomic mass is 9.95. The quantitative estimate of drug-likeness (QED) is 0.105. The predicted octanol–water partition coefficient (Wildman–Crippen LogP) is 7.26. The van der Waals surface area contributed by atoms with Gasteiger partial charge in [0, 0.05) is 29.8 Å². The lowest BCUT2D eigenvalue weighted by Crippen LogP contribution is -2.46. The summed E-state index contributed by atoms with van der Waals surface area (Å²) in [6.45, 7) is 5.16. The highest BCUT2D eigenvalue weighted by molar-refractivity contribution is 7.92. The molecule has 0 radical (unpaired) electrons. The van der Waals surface area contributed by atoms with Gasteiger partial charge in [0.2, 0.25) is 0 Å². The van der Waals surface area contributed by atoms with E-state index in [9.17, 15) is 18.0 Å². The number of benzene rings is 4. The third-order valence-corrected chi connectivity index (χ3v) is 11.2. The minimum absolute atomic E-state index is 0.0411. The summed E-state index contributed by atoms with van der Waals surface area (Å²) in [5.74, 6) is 0.358. The van der Waals surface area contributed by atoms with Crippen molar-refractivity contribution < 1.29 is 22.7 Å². The summed E-state index contributed by atoms with van der Waals surface area (Å²) < 4.78 is 35.5. The molecule has 11 heteroatoms. The maximum Gasteiger partial charge on any atom is 0.281 e. The number of carbonyl (C=O) groups is 2. The second-order valence-corrected chi connectivity index (χ2v) is 14.8. The molecule has 0 saturated heterocycles. The molecule has 0 atom stereocenters. The molecule has 0 unspecified atom stereocenters. The van der Waals surface area contributed by atoms with Crippen LogP contribution >= 0.6 is 0 Å². The molecule has 0 aromatic heterocycles. The number of sulfonamides is 1. The molecule has 2 amide bonds. The Morgan fingerprint density at radius 3 is 2.35 bits per heavy atom. The van der Waals surface area contributed by atoms with Crippen LogP contribution in [0.5, 0.6) is 0 Å². The number of ether oxygens (including phenoxy) is 1. The smallest absolute Gasteiger partial charge is 0.281 e. The molecule has 1 saturated carbocycles. The molecular formula is C40H45N5O5S. The van der Waals surface area contributed by atoms with Gasteiger partial charge in [-0.15, -0.1) is 0 Å². The van der Waals surface area contributed by atoms with E-state index in [1.807, 2.05) is 42.2 Å². The number of nitrogens with two attached hydrogens (primary N) is 1. The van der Waals surface area contributed by atoms with Gasteiger partial charge in [0.1, 0.15) is 11.4 Å². The lowest BCUT2D eigenvalue weighted by Gasteiger charge is -2.28. The molecule has 51 heavy (non-hydrogen) atoms. The van der Waals surface area contributed by atoms with Gasteiger partial charge in [-0.25, -0.2) is 5.43 Å². The number of carbonyl (C=O) groups excluding carboxylic acids is 2. The van der Waals surface area contributed by atoms with Gasteiger partial charge in [-0.05, 0) is 85.3 Å². The minimum atomic E-state index is -4.33. The fraction of sp³-hybridized carbons (Fsp3) is 0.325. The number of rotatable bonds is 14. The maximum atomic E-state index is 14.3. The summed E-state index contributed by atoms with van der Waals surface area (Å²) in [6.07, 6.45) is 6.33. The van der Waals surface area contributed by atoms with E-state index < -0.39 is 21.5 Å². The fourth-order valence-electron chi connectivity index (χ4n) is 6.84. The van der Waals surface area contributed by atoms with E-state index in [0.717, 1.165) is 71.9 Å². The second kappa shape index (κ2) is 15.5. The van der Waals surface area contributed by atoms with Crippen molar-refractivity contribution in [1.82, 2.24) is 10.3 Å². The van der Waals surface area contributed by atoms with E-state index >= 15 is 0 Å². The van der Waals surface area contributed by atoms with E-state index in [1.165, 1.54) is 24.3 Å². The summed E-state index contributed by atoms with van der Waals surface area (Å²) in [7, 11) is -4.33. The van der Waals surface area contributed by atoms with Crippen LogP contribution in [0.2, 0.25) is 0 Å². The van der Waals surface area contributed by atoms with E-state index in [4.69, 9.17) is 15.5 Å². The van der Waals surface area contributed by atoms with Crippen LogP contribution < -0.4 is 15.6 Å². The van der Waals surface area contributed by atoms with Gasteiger partial charge in [-0.1, -0.05) is 80.8 Å². The number of nitrogens with one attached hydrogen (secondary N) is 1. The molecule has 6 rings (SSSR count). The summed E-state index contributed by atoms with van der Waals surface area (Å²) >= 11 is 0. The van der Waals surface area contributed by atoms with Crippen LogP contribution in [-0.2, 0) is 32.7 Å². The second-order valence-electron chi connectivity index (χ2n) is 13.1. The first-order chi connectivity index (χ1) is 24.7. The number of nitrogens with zero attached hydrogens (tertiary/aromatic N) is 3. The first-order valence-corrected chi connectivity index (χ1v) is 19.1. The molecule has 4 aromatic rings. The van der Waals surface area contributed by atoms with Crippen molar-refractivity contribution >= 4 is 39.0 Å². The normalized spacial score (nSPS) is 15.3. The zero-order valence-electron chi connectivity index (χ0n) is 29.2. The van der Waals surface area contributed by atoms with Crippen LogP contribution in [0.4, 0.5) is 11.4 Å². The number of hydrazine groups is 1. The number of anilines is 2. The van der Waals surface area contributed by atoms with Crippen molar-refractivity contribution in [2.45, 2.75) is 82.4 Å². The first kappa shape index (κ1) is 35.8. The molecule has 1 fully saturated rings. The van der Waals surface area contributed by atoms with Crippen molar-refractivity contribution in [3.8, 4) is 11.1 Å². The average Bonchev–Trinajstić information content (AvgIpc) is 3.73. The van der Waals surface area contributed by atoms with Crippen molar-refractivity contribution in [2.75, 3.05) is 16.8 Å². The monoisotopic (exact) mass is 707 g/mol. The SMILES string of the molecule is CCCCC1=NC2(CCCC2)C(=O)N1Cc1ccc(-c2ccccc2N(NC(=O)c2ccccc2)S(=O)(=O)c2ccc(N)cc2)c(COCC)c1. The molecule has 4 aromatic carbocycles. The van der Waals surface area contributed by atoms with Crippen LogP contribution in [-0.4, -0.2) is 43.1 Å². The Labute approximate surface area is 300 Å². The van der Waals surface area contributed by atoms with Gasteiger partial charge >= 0.3 is 0 Å². The average molecular weight is 708 g/mol. The Balaban J connectivity index is 1.40. The van der Waals surface area contributed by atoms with Gasteiger partial charge in [0.15, 0.2) is 0 Å². The molecule has 10 nitrogen and oxygen atoms in total. The number of amides is 2. The highest BCUT2D eigenvalue weighted by atomic mass is 32.2. The Hall–Kier alpha value is -5.00. The highest BCUT2D eigenvalue weighted by Crippen LogP contribution is 2.41. The van der Waals surface area contributed by atoms with Crippen LogP contribution in [0, 0.1) is 0 Å². The summed E-state index contributed by atoms with van der Waals surface area (Å²) in [6, 6.07) is 27.2. The van der Waals surface area contributed by atoms with E-state index in [-0.39, 0.29) is 23.1 Å². The number of hydrogen-bond acceptors (Lipinski definition) is 7. The lowest BCUT2D eigenvalue weighted by molar-refractivity contribution is -0.131. The molecule has 1 heterocycles. The standard InChI is InChI=1S/C40H45N5O5S/c1-3-5-17-37-42-40(24-11-12-25-40)39(47)44(37)27-29-18-23-34(31(26-29)28-50-4-2)35-15-9-10-16-36(35)45(43-38(46)30-13-7-6-8-14-30)51(48,49)33-21-19-32(41)20-22-33/h6-10,13-16,18-23,26H,3-5,11-12,17,24-25,27-28,41H2,1-2H3,(H,43,46). The largest absolute Gasteiger partial charge is 0.399 e. The molecule has 1 aliphatic carbocycles. The van der Waals surface area contributed by atoms with E-state index in [1.54, 1.807) is 42.5 Å². The van der Waals surface area contributed by atoms with Crippen molar-refractivity contribution in [1.29, 1.82) is 0 Å². The van der Waals surface area contributed by atoms with Crippen molar-refractivity contribution in [2.24, 2.45) is 4.99 Å². The predicted molar refractivity (Wildman–Crippen MR) is 200 cm³/mol.